The molecule has 0 amide bonds. The van der Waals surface area contributed by atoms with Crippen LogP contribution in [0, 0.1) is 13.8 Å². The number of hydrogen-bond acceptors (Lipinski definition) is 12. The first-order valence-corrected chi connectivity index (χ1v) is 12.6. The third-order valence-corrected chi connectivity index (χ3v) is 7.78. The van der Waals surface area contributed by atoms with Crippen molar-refractivity contribution in [3.8, 4) is 5.75 Å². The van der Waals surface area contributed by atoms with Crippen LogP contribution in [0.1, 0.15) is 11.1 Å². The van der Waals surface area contributed by atoms with Crippen LogP contribution in [0.5, 0.6) is 5.75 Å². The van der Waals surface area contributed by atoms with Gasteiger partial charge in [-0.05, 0) is 66.1 Å². The third kappa shape index (κ3) is 6.14. The standard InChI is InChI=1S/C22H16N2O8S2.2Al.4H2O/c1-9-3-4-14-19(22(9)34(30,31)32)21(26)13-7-15-12(6-16(13)23-14)20(25)11-5-10(2)18(33(27,28)29)8-17(11)24-15;;;;;;/h3-8H,1-2H3,(H,23,26)(H,24,25)(H,27,28,29)(H,30,31,32);;;4*1H2/q;2*+3;;;;/p-6. The topological polar surface area (TPSA) is 305 Å². The summed E-state index contributed by atoms with van der Waals surface area (Å²) in [6, 6.07) is 7.80. The molecule has 5 aromatic rings. The molecule has 14 nitrogen and oxygen atoms in total. The van der Waals surface area contributed by atoms with Crippen molar-refractivity contribution in [1.82, 2.24) is 9.97 Å². The van der Waals surface area contributed by atoms with Crippen LogP contribution in [0.2, 0.25) is 0 Å². The molecule has 2 aromatic heterocycles. The van der Waals surface area contributed by atoms with E-state index >= 15 is 0 Å². The van der Waals surface area contributed by atoms with Crippen molar-refractivity contribution in [2.75, 3.05) is 0 Å². The number of fused-ring (bicyclic) bond motifs is 4. The summed E-state index contributed by atoms with van der Waals surface area (Å²) in [5.41, 5.74) is -0.218. The average molecular weight is 620 g/mol. The Kier molecular flexibility index (Phi) is 12.7. The minimum atomic E-state index is -4.97. The number of benzene rings is 3. The molecule has 0 aliphatic heterocycles. The Balaban J connectivity index is 0. The van der Waals surface area contributed by atoms with E-state index in [1.807, 2.05) is 0 Å². The number of aromatic nitrogens is 2. The van der Waals surface area contributed by atoms with Gasteiger partial charge in [-0.3, -0.25) is 4.79 Å². The second kappa shape index (κ2) is 12.9. The molecular weight excluding hydrogens is 602 g/mol. The van der Waals surface area contributed by atoms with Crippen LogP contribution < -0.4 is 10.5 Å². The van der Waals surface area contributed by atoms with Gasteiger partial charge >= 0.3 is 34.7 Å². The van der Waals surface area contributed by atoms with Crippen molar-refractivity contribution in [3.63, 3.8) is 0 Å². The summed E-state index contributed by atoms with van der Waals surface area (Å²) in [6.45, 7) is 2.79. The van der Waals surface area contributed by atoms with Crippen LogP contribution in [0.15, 0.2) is 51.0 Å². The Morgan fingerprint density at radius 3 is 1.85 bits per heavy atom. The van der Waals surface area contributed by atoms with Crippen LogP contribution in [0.25, 0.3) is 43.6 Å². The molecule has 0 aliphatic rings. The number of pyridine rings is 2. The molecule has 206 valence electrons. The van der Waals surface area contributed by atoms with Crippen LogP contribution >= 0.6 is 0 Å². The maximum Gasteiger partial charge on any atom is 3.00 e. The molecule has 0 fully saturated rings. The molecule has 5 rings (SSSR count). The van der Waals surface area contributed by atoms with Crippen molar-refractivity contribution < 1.29 is 53.0 Å². The molecular formula is C22H18Al2N2O12S2. The Bertz CT molecular complexity index is 2030. The van der Waals surface area contributed by atoms with E-state index in [-0.39, 0.29) is 111 Å². The second-order valence-corrected chi connectivity index (χ2v) is 10.7. The summed E-state index contributed by atoms with van der Waals surface area (Å²) in [5, 5.41) is 13.0. The number of nitrogens with one attached hydrogen (secondary N) is 1. The van der Waals surface area contributed by atoms with Gasteiger partial charge in [0, 0.05) is 5.39 Å². The van der Waals surface area contributed by atoms with E-state index in [4.69, 9.17) is 0 Å². The van der Waals surface area contributed by atoms with Crippen LogP contribution in [-0.2, 0) is 20.2 Å². The van der Waals surface area contributed by atoms with Crippen molar-refractivity contribution in [2.45, 2.75) is 23.6 Å². The fraction of sp³-hybridized carbons (Fsp3) is 0.0909. The molecule has 40 heavy (non-hydrogen) atoms. The van der Waals surface area contributed by atoms with Gasteiger partial charge in [-0.15, -0.1) is 0 Å². The number of aromatic amines is 1. The van der Waals surface area contributed by atoms with Gasteiger partial charge in [0.05, 0.1) is 37.2 Å². The van der Waals surface area contributed by atoms with Gasteiger partial charge in [-0.1, -0.05) is 11.8 Å². The first kappa shape index (κ1) is 39.5. The predicted octanol–water partition coefficient (Wildman–Crippen LogP) is -0.235. The monoisotopic (exact) mass is 620 g/mol. The molecule has 0 bridgehead atoms. The molecule has 0 radical (unpaired) electrons. The molecule has 0 saturated heterocycles. The SMILES string of the molecule is Cc1cc2c([O-])c3cc4[nH]c5ccc(C)c(S(=O)(=O)[O-])c5c(=O)c4cc3nc2cc1S(=O)(=O)[O-].O.[Al+3].[Al+3].[OH-].[OH-].[OH-]. The molecule has 0 spiro atoms. The summed E-state index contributed by atoms with van der Waals surface area (Å²) < 4.78 is 70.2. The number of aryl methyl sites for hydroxylation is 2. The van der Waals surface area contributed by atoms with E-state index in [1.54, 1.807) is 0 Å². The first-order chi connectivity index (χ1) is 15.8. The maximum atomic E-state index is 13.3. The third-order valence-electron chi connectivity index (χ3n) is 5.77. The summed E-state index contributed by atoms with van der Waals surface area (Å²) in [7, 11) is -9.79. The van der Waals surface area contributed by atoms with Crippen molar-refractivity contribution in [3.05, 3.63) is 57.7 Å². The van der Waals surface area contributed by atoms with Gasteiger partial charge in [0.15, 0.2) is 5.43 Å². The summed E-state index contributed by atoms with van der Waals surface area (Å²) in [6.07, 6.45) is 0. The van der Waals surface area contributed by atoms with E-state index in [2.05, 4.69) is 9.97 Å². The van der Waals surface area contributed by atoms with Crippen molar-refractivity contribution in [2.24, 2.45) is 0 Å². The molecule has 0 atom stereocenters. The van der Waals surface area contributed by atoms with Crippen LogP contribution in [0.3, 0.4) is 0 Å². The minimum absolute atomic E-state index is 0. The Morgan fingerprint density at radius 2 is 1.30 bits per heavy atom. The first-order valence-electron chi connectivity index (χ1n) is 9.73. The molecule has 2 heterocycles. The van der Waals surface area contributed by atoms with Crippen LogP contribution in [0.4, 0.5) is 0 Å². The van der Waals surface area contributed by atoms with E-state index in [9.17, 15) is 35.8 Å². The quantitative estimate of drug-likeness (QED) is 0.152. The fourth-order valence-corrected chi connectivity index (χ4v) is 5.89. The van der Waals surface area contributed by atoms with Gasteiger partial charge in [-0.2, -0.15) is 0 Å². The van der Waals surface area contributed by atoms with Gasteiger partial charge in [0.1, 0.15) is 20.2 Å². The molecule has 0 saturated carbocycles. The zero-order valence-electron chi connectivity index (χ0n) is 20.5. The van der Waals surface area contributed by atoms with Gasteiger partial charge in [0.25, 0.3) is 0 Å². The van der Waals surface area contributed by atoms with Gasteiger partial charge < -0.3 is 41.1 Å². The van der Waals surface area contributed by atoms with Crippen LogP contribution in [-0.4, -0.2) is 92.5 Å². The molecule has 6 N–H and O–H groups in total. The predicted molar refractivity (Wildman–Crippen MR) is 141 cm³/mol. The molecule has 18 heteroatoms. The van der Waals surface area contributed by atoms with Gasteiger partial charge in [-0.25, -0.2) is 21.8 Å². The minimum Gasteiger partial charge on any atom is -0.872 e. The average Bonchev–Trinajstić information content (AvgIpc) is 2.72. The van der Waals surface area contributed by atoms with Crippen molar-refractivity contribution >= 4 is 98.6 Å². The number of rotatable bonds is 2. The normalized spacial score (nSPS) is 10.9. The number of H-pyrrole nitrogens is 1. The largest absolute Gasteiger partial charge is 3.00 e. The van der Waals surface area contributed by atoms with E-state index in [0.717, 1.165) is 6.07 Å². The Hall–Kier alpha value is -2.68. The number of nitrogens with zero attached hydrogens (tertiary/aromatic N) is 1. The molecule has 3 aromatic carbocycles. The Labute approximate surface area is 247 Å². The van der Waals surface area contributed by atoms with Crippen molar-refractivity contribution in [1.29, 1.82) is 0 Å². The maximum absolute atomic E-state index is 13.3. The van der Waals surface area contributed by atoms with E-state index in [1.165, 1.54) is 44.2 Å². The second-order valence-electron chi connectivity index (χ2n) is 7.99. The summed E-state index contributed by atoms with van der Waals surface area (Å²) in [4.78, 5) is 19.3. The van der Waals surface area contributed by atoms with E-state index in [0.29, 0.717) is 0 Å². The number of hydrogen-bond donors (Lipinski definition) is 1. The van der Waals surface area contributed by atoms with Gasteiger partial charge in [0.2, 0.25) is 0 Å². The zero-order chi connectivity index (χ0) is 24.7. The molecule has 0 unspecified atom stereocenters. The summed E-state index contributed by atoms with van der Waals surface area (Å²) in [5.74, 6) is -0.493. The van der Waals surface area contributed by atoms with E-state index < -0.39 is 41.2 Å². The summed E-state index contributed by atoms with van der Waals surface area (Å²) >= 11 is 0. The fourth-order valence-electron chi connectivity index (χ4n) is 4.27. The zero-order valence-corrected chi connectivity index (χ0v) is 24.4. The molecule has 0 aliphatic carbocycles. The smallest absolute Gasteiger partial charge is 0.872 e. The Morgan fingerprint density at radius 1 is 0.750 bits per heavy atom.